The lowest BCUT2D eigenvalue weighted by atomic mass is 10.1. The molecule has 0 N–H and O–H groups in total. The first-order valence-corrected chi connectivity index (χ1v) is 9.67. The third-order valence-corrected chi connectivity index (χ3v) is 4.96. The summed E-state index contributed by atoms with van der Waals surface area (Å²) in [4.78, 5) is 13.0. The molecule has 5 heteroatoms. The molecule has 1 aromatic heterocycles. The predicted molar refractivity (Wildman–Crippen MR) is 111 cm³/mol. The van der Waals surface area contributed by atoms with E-state index in [2.05, 4.69) is 6.58 Å². The van der Waals surface area contributed by atoms with Crippen molar-refractivity contribution in [1.82, 2.24) is 0 Å². The van der Waals surface area contributed by atoms with Crippen LogP contribution in [0.5, 0.6) is 11.5 Å². The normalized spacial score (nSPS) is 10.1. The molecule has 28 heavy (non-hydrogen) atoms. The zero-order valence-electron chi connectivity index (χ0n) is 15.3. The first kappa shape index (κ1) is 19.4. The van der Waals surface area contributed by atoms with Crippen LogP contribution in [0.4, 0.5) is 0 Å². The Morgan fingerprint density at radius 2 is 1.64 bits per heavy atom. The molecule has 0 fully saturated rings. The van der Waals surface area contributed by atoms with Crippen molar-refractivity contribution in [3.63, 3.8) is 0 Å². The van der Waals surface area contributed by atoms with Crippen molar-refractivity contribution in [2.24, 2.45) is 0 Å². The summed E-state index contributed by atoms with van der Waals surface area (Å²) in [6, 6.07) is 20.4. The summed E-state index contributed by atoms with van der Waals surface area (Å²) in [6.45, 7) is 4.37. The Bertz CT molecular complexity index is 982. The molecule has 0 radical (unpaired) electrons. The highest BCUT2D eigenvalue weighted by atomic mass is 32.1. The average molecular weight is 389 g/mol. The van der Waals surface area contributed by atoms with Crippen LogP contribution in [0.25, 0.3) is 11.1 Å². The van der Waals surface area contributed by atoms with Gasteiger partial charge in [-0.15, -0.1) is 17.9 Å². The second kappa shape index (κ2) is 9.54. The van der Waals surface area contributed by atoms with E-state index in [1.807, 2.05) is 48.5 Å². The summed E-state index contributed by atoms with van der Waals surface area (Å²) in [5.74, 6) is 0.839. The topological polar surface area (TPSA) is 59.3 Å². The Labute approximate surface area is 168 Å². The van der Waals surface area contributed by atoms with Gasteiger partial charge in [0.05, 0.1) is 6.61 Å². The molecular weight excluding hydrogens is 370 g/mol. The van der Waals surface area contributed by atoms with Crippen molar-refractivity contribution in [2.75, 3.05) is 6.61 Å². The molecule has 0 aliphatic carbocycles. The zero-order chi connectivity index (χ0) is 19.8. The van der Waals surface area contributed by atoms with Gasteiger partial charge in [0, 0.05) is 0 Å². The van der Waals surface area contributed by atoms with Crippen molar-refractivity contribution >= 4 is 17.3 Å². The molecular formula is C23H19NO3S. The van der Waals surface area contributed by atoms with Crippen LogP contribution in [0.15, 0.2) is 73.3 Å². The number of nitriles is 1. The molecule has 3 aromatic rings. The van der Waals surface area contributed by atoms with Gasteiger partial charge in [0.15, 0.2) is 0 Å². The molecule has 1 heterocycles. The fourth-order valence-corrected chi connectivity index (χ4v) is 3.22. The van der Waals surface area contributed by atoms with E-state index in [1.54, 1.807) is 24.3 Å². The number of thiophene rings is 1. The van der Waals surface area contributed by atoms with E-state index in [9.17, 15) is 4.79 Å². The van der Waals surface area contributed by atoms with Gasteiger partial charge in [-0.25, -0.2) is 4.79 Å². The monoisotopic (exact) mass is 389 g/mol. The summed E-state index contributed by atoms with van der Waals surface area (Å²) in [6.07, 6.45) is 3.78. The molecule has 0 amide bonds. The van der Waals surface area contributed by atoms with Gasteiger partial charge in [-0.2, -0.15) is 5.26 Å². The minimum atomic E-state index is -0.461. The second-order valence-corrected chi connectivity index (χ2v) is 7.08. The van der Waals surface area contributed by atoms with E-state index in [-0.39, 0.29) is 0 Å². The van der Waals surface area contributed by atoms with Crippen molar-refractivity contribution in [3.05, 3.63) is 83.1 Å². The third kappa shape index (κ3) is 5.09. The van der Waals surface area contributed by atoms with Crippen molar-refractivity contribution in [2.45, 2.75) is 12.8 Å². The molecule has 0 bridgehead atoms. The SMILES string of the molecule is C=CCCCOc1ccc(-c2ccc(OC(=O)c3ccc(C#N)s3)cc2)cc1. The summed E-state index contributed by atoms with van der Waals surface area (Å²) >= 11 is 1.12. The number of hydrogen-bond donors (Lipinski definition) is 0. The van der Waals surface area contributed by atoms with E-state index in [4.69, 9.17) is 14.7 Å². The van der Waals surface area contributed by atoms with Crippen LogP contribution in [0, 0.1) is 11.3 Å². The van der Waals surface area contributed by atoms with Gasteiger partial charge in [-0.1, -0.05) is 30.3 Å². The molecule has 140 valence electrons. The average Bonchev–Trinajstić information content (AvgIpc) is 3.22. The number of rotatable bonds is 8. The number of allylic oxidation sites excluding steroid dienone is 1. The zero-order valence-corrected chi connectivity index (χ0v) is 16.1. The van der Waals surface area contributed by atoms with Crippen LogP contribution in [0.3, 0.4) is 0 Å². The standard InChI is InChI=1S/C23H19NO3S/c1-2-3-4-15-26-19-9-5-17(6-10-19)18-7-11-20(12-8-18)27-23(25)22-14-13-21(16-24)28-22/h2,5-14H,1,3-4,15H2. The summed E-state index contributed by atoms with van der Waals surface area (Å²) in [7, 11) is 0. The first-order chi connectivity index (χ1) is 13.7. The van der Waals surface area contributed by atoms with Gasteiger partial charge in [0.1, 0.15) is 27.3 Å². The predicted octanol–water partition coefficient (Wildman–Crippen LogP) is 5.85. The molecule has 2 aromatic carbocycles. The Morgan fingerprint density at radius 3 is 2.21 bits per heavy atom. The highest BCUT2D eigenvalue weighted by molar-refractivity contribution is 7.14. The molecule has 4 nitrogen and oxygen atoms in total. The molecule has 0 aliphatic heterocycles. The van der Waals surface area contributed by atoms with Crippen LogP contribution < -0.4 is 9.47 Å². The highest BCUT2D eigenvalue weighted by Crippen LogP contribution is 2.25. The molecule has 0 unspecified atom stereocenters. The lowest BCUT2D eigenvalue weighted by Gasteiger charge is -2.08. The number of carbonyl (C=O) groups excluding carboxylic acids is 1. The smallest absolute Gasteiger partial charge is 0.353 e. The van der Waals surface area contributed by atoms with Crippen LogP contribution in [-0.4, -0.2) is 12.6 Å². The third-order valence-electron chi connectivity index (χ3n) is 3.99. The number of hydrogen-bond acceptors (Lipinski definition) is 5. The van der Waals surface area contributed by atoms with Gasteiger partial charge >= 0.3 is 5.97 Å². The number of esters is 1. The fraction of sp³-hybridized carbons (Fsp3) is 0.130. The lowest BCUT2D eigenvalue weighted by molar-refractivity contribution is 0.0740. The molecule has 0 saturated carbocycles. The van der Waals surface area contributed by atoms with Crippen molar-refractivity contribution < 1.29 is 14.3 Å². The molecule has 3 rings (SSSR count). The van der Waals surface area contributed by atoms with E-state index < -0.39 is 5.97 Å². The van der Waals surface area contributed by atoms with Crippen LogP contribution in [0.2, 0.25) is 0 Å². The number of ether oxygens (including phenoxy) is 2. The maximum Gasteiger partial charge on any atom is 0.353 e. The van der Waals surface area contributed by atoms with Crippen LogP contribution in [-0.2, 0) is 0 Å². The molecule has 0 atom stereocenters. The van der Waals surface area contributed by atoms with Gasteiger partial charge in [-0.3, -0.25) is 0 Å². The summed E-state index contributed by atoms with van der Waals surface area (Å²) in [5.41, 5.74) is 2.06. The van der Waals surface area contributed by atoms with Gasteiger partial charge in [0.2, 0.25) is 0 Å². The fourth-order valence-electron chi connectivity index (χ4n) is 2.54. The van der Waals surface area contributed by atoms with Gasteiger partial charge < -0.3 is 9.47 Å². The minimum absolute atomic E-state index is 0.407. The van der Waals surface area contributed by atoms with E-state index in [0.717, 1.165) is 41.1 Å². The van der Waals surface area contributed by atoms with E-state index in [0.29, 0.717) is 22.1 Å². The maximum absolute atomic E-state index is 12.1. The van der Waals surface area contributed by atoms with Crippen LogP contribution in [0.1, 0.15) is 27.4 Å². The van der Waals surface area contributed by atoms with Crippen molar-refractivity contribution in [1.29, 1.82) is 5.26 Å². The molecule has 0 saturated heterocycles. The summed E-state index contributed by atoms with van der Waals surface area (Å²) < 4.78 is 11.1. The minimum Gasteiger partial charge on any atom is -0.494 e. The lowest BCUT2D eigenvalue weighted by Crippen LogP contribution is -2.06. The van der Waals surface area contributed by atoms with E-state index >= 15 is 0 Å². The number of nitrogens with zero attached hydrogens (tertiary/aromatic N) is 1. The second-order valence-electron chi connectivity index (χ2n) is 5.99. The largest absolute Gasteiger partial charge is 0.494 e. The number of benzene rings is 2. The number of unbranched alkanes of at least 4 members (excludes halogenated alkanes) is 1. The van der Waals surface area contributed by atoms with Crippen molar-refractivity contribution in [3.8, 4) is 28.7 Å². The Morgan fingerprint density at radius 1 is 1.00 bits per heavy atom. The van der Waals surface area contributed by atoms with Gasteiger partial charge in [0.25, 0.3) is 0 Å². The quantitative estimate of drug-likeness (QED) is 0.210. The Hall–Kier alpha value is -3.36. The number of carbonyl (C=O) groups is 1. The maximum atomic E-state index is 12.1. The van der Waals surface area contributed by atoms with E-state index in [1.165, 1.54) is 0 Å². The first-order valence-electron chi connectivity index (χ1n) is 8.86. The Balaban J connectivity index is 1.60. The van der Waals surface area contributed by atoms with Gasteiger partial charge in [-0.05, 0) is 60.4 Å². The molecule has 0 spiro atoms. The summed E-state index contributed by atoms with van der Waals surface area (Å²) in [5, 5.41) is 8.84. The molecule has 0 aliphatic rings. The Kier molecular flexibility index (Phi) is 6.61. The highest BCUT2D eigenvalue weighted by Gasteiger charge is 2.12. The van der Waals surface area contributed by atoms with Crippen LogP contribution >= 0.6 is 11.3 Å².